The van der Waals surface area contributed by atoms with Gasteiger partial charge in [-0.25, -0.2) is 0 Å². The Morgan fingerprint density at radius 3 is 2.92 bits per heavy atom. The van der Waals surface area contributed by atoms with Crippen LogP contribution in [0.15, 0.2) is 18.5 Å². The van der Waals surface area contributed by atoms with Gasteiger partial charge in [-0.3, -0.25) is 4.68 Å². The molecule has 0 aromatic carbocycles. The Balaban J connectivity index is 2.19. The molecule has 1 aromatic heterocycles. The van der Waals surface area contributed by atoms with E-state index in [1.54, 1.807) is 13.1 Å². The second-order valence-electron chi connectivity index (χ2n) is 3.38. The van der Waals surface area contributed by atoms with Gasteiger partial charge in [0.2, 0.25) is 0 Å². The highest BCUT2D eigenvalue weighted by Gasteiger charge is 2.02. The number of hydrogen-bond donors (Lipinski definition) is 1. The van der Waals surface area contributed by atoms with Gasteiger partial charge in [0.1, 0.15) is 0 Å². The minimum Gasteiger partial charge on any atom is -0.392 e. The average molecular weight is 183 g/mol. The molecule has 4 heteroatoms. The summed E-state index contributed by atoms with van der Waals surface area (Å²) in [4.78, 5) is 2.09. The molecule has 0 aliphatic rings. The van der Waals surface area contributed by atoms with Gasteiger partial charge in [-0.05, 0) is 20.0 Å². The maximum Gasteiger partial charge on any atom is 0.0638 e. The van der Waals surface area contributed by atoms with Gasteiger partial charge in [-0.1, -0.05) is 0 Å². The third-order valence-corrected chi connectivity index (χ3v) is 1.85. The van der Waals surface area contributed by atoms with Gasteiger partial charge >= 0.3 is 0 Å². The molecule has 0 aliphatic carbocycles. The van der Waals surface area contributed by atoms with Crippen LogP contribution in [0.2, 0.25) is 0 Å². The molecule has 0 radical (unpaired) electrons. The molecule has 1 atom stereocenters. The van der Waals surface area contributed by atoms with Gasteiger partial charge in [0.25, 0.3) is 0 Å². The second-order valence-corrected chi connectivity index (χ2v) is 3.38. The molecule has 0 amide bonds. The van der Waals surface area contributed by atoms with Crippen LogP contribution in [0.25, 0.3) is 0 Å². The third-order valence-electron chi connectivity index (χ3n) is 1.85. The average Bonchev–Trinajstić information content (AvgIpc) is 2.51. The van der Waals surface area contributed by atoms with Crippen molar-refractivity contribution in [1.82, 2.24) is 14.7 Å². The van der Waals surface area contributed by atoms with Gasteiger partial charge in [-0.15, -0.1) is 0 Å². The molecular weight excluding hydrogens is 166 g/mol. The number of aliphatic hydroxyl groups excluding tert-OH is 1. The van der Waals surface area contributed by atoms with Crippen LogP contribution in [0, 0.1) is 0 Å². The summed E-state index contributed by atoms with van der Waals surface area (Å²) in [5.41, 5.74) is 0. The lowest BCUT2D eigenvalue weighted by Gasteiger charge is -2.17. The number of aromatic nitrogens is 2. The SMILES string of the molecule is CC(O)CN(C)CCn1cccn1. The lowest BCUT2D eigenvalue weighted by Crippen LogP contribution is -2.30. The fourth-order valence-electron chi connectivity index (χ4n) is 1.25. The summed E-state index contributed by atoms with van der Waals surface area (Å²) >= 11 is 0. The maximum atomic E-state index is 9.12. The summed E-state index contributed by atoms with van der Waals surface area (Å²) in [6, 6.07) is 1.91. The predicted octanol–water partition coefficient (Wildman–Crippen LogP) is 0.196. The Morgan fingerprint density at radius 2 is 2.38 bits per heavy atom. The van der Waals surface area contributed by atoms with Gasteiger partial charge in [0, 0.05) is 25.5 Å². The van der Waals surface area contributed by atoms with Crippen LogP contribution >= 0.6 is 0 Å². The Bertz CT molecular complexity index is 221. The van der Waals surface area contributed by atoms with E-state index in [1.807, 2.05) is 24.0 Å². The lowest BCUT2D eigenvalue weighted by atomic mass is 10.4. The second kappa shape index (κ2) is 4.99. The zero-order valence-corrected chi connectivity index (χ0v) is 8.22. The zero-order chi connectivity index (χ0) is 9.68. The molecule has 1 heterocycles. The molecule has 0 spiro atoms. The predicted molar refractivity (Wildman–Crippen MR) is 51.4 cm³/mol. The summed E-state index contributed by atoms with van der Waals surface area (Å²) < 4.78 is 1.89. The summed E-state index contributed by atoms with van der Waals surface area (Å²) in [6.45, 7) is 4.29. The van der Waals surface area contributed by atoms with E-state index >= 15 is 0 Å². The molecule has 0 bridgehead atoms. The first-order chi connectivity index (χ1) is 6.18. The first-order valence-corrected chi connectivity index (χ1v) is 4.52. The largest absolute Gasteiger partial charge is 0.392 e. The fourth-order valence-corrected chi connectivity index (χ4v) is 1.25. The van der Waals surface area contributed by atoms with E-state index in [-0.39, 0.29) is 6.10 Å². The number of nitrogens with zero attached hydrogens (tertiary/aromatic N) is 3. The topological polar surface area (TPSA) is 41.3 Å². The number of hydrogen-bond acceptors (Lipinski definition) is 3. The summed E-state index contributed by atoms with van der Waals surface area (Å²) in [6.07, 6.45) is 3.45. The van der Waals surface area contributed by atoms with Gasteiger partial charge in [-0.2, -0.15) is 5.10 Å². The molecule has 1 unspecified atom stereocenters. The van der Waals surface area contributed by atoms with E-state index in [4.69, 9.17) is 5.11 Å². The number of likely N-dealkylation sites (N-methyl/N-ethyl adjacent to an activating group) is 1. The van der Waals surface area contributed by atoms with Crippen molar-refractivity contribution in [2.45, 2.75) is 19.6 Å². The van der Waals surface area contributed by atoms with Crippen molar-refractivity contribution in [3.8, 4) is 0 Å². The Morgan fingerprint density at radius 1 is 1.62 bits per heavy atom. The van der Waals surface area contributed by atoms with Crippen LogP contribution < -0.4 is 0 Å². The van der Waals surface area contributed by atoms with Gasteiger partial charge < -0.3 is 10.0 Å². The Hall–Kier alpha value is -0.870. The van der Waals surface area contributed by atoms with Crippen LogP contribution in [0.4, 0.5) is 0 Å². The fraction of sp³-hybridized carbons (Fsp3) is 0.667. The molecule has 1 aromatic rings. The zero-order valence-electron chi connectivity index (χ0n) is 8.22. The normalized spacial score (nSPS) is 13.5. The standard InChI is InChI=1S/C9H17N3O/c1-9(13)8-11(2)6-7-12-5-3-4-10-12/h3-5,9,13H,6-8H2,1-2H3. The first-order valence-electron chi connectivity index (χ1n) is 4.52. The van der Waals surface area contributed by atoms with Crippen LogP contribution in [0.1, 0.15) is 6.92 Å². The minimum atomic E-state index is -0.261. The molecule has 1 rings (SSSR count). The molecule has 1 N–H and O–H groups in total. The van der Waals surface area contributed by atoms with Crippen LogP contribution in [-0.2, 0) is 6.54 Å². The smallest absolute Gasteiger partial charge is 0.0638 e. The van der Waals surface area contributed by atoms with E-state index < -0.39 is 0 Å². The van der Waals surface area contributed by atoms with E-state index in [0.29, 0.717) is 6.54 Å². The lowest BCUT2D eigenvalue weighted by molar-refractivity contribution is 0.139. The highest BCUT2D eigenvalue weighted by atomic mass is 16.3. The molecule has 0 fully saturated rings. The number of rotatable bonds is 5. The molecule has 4 nitrogen and oxygen atoms in total. The van der Waals surface area contributed by atoms with Gasteiger partial charge in [0.05, 0.1) is 12.6 Å². The maximum absolute atomic E-state index is 9.12. The highest BCUT2D eigenvalue weighted by Crippen LogP contribution is 1.90. The minimum absolute atomic E-state index is 0.261. The van der Waals surface area contributed by atoms with E-state index in [1.165, 1.54) is 0 Å². The summed E-state index contributed by atoms with van der Waals surface area (Å²) in [7, 11) is 2.00. The van der Waals surface area contributed by atoms with Gasteiger partial charge in [0.15, 0.2) is 0 Å². The van der Waals surface area contributed by atoms with E-state index in [2.05, 4.69) is 10.00 Å². The third kappa shape index (κ3) is 4.05. The van der Waals surface area contributed by atoms with E-state index in [0.717, 1.165) is 13.1 Å². The quantitative estimate of drug-likeness (QED) is 0.709. The van der Waals surface area contributed by atoms with Crippen molar-refractivity contribution < 1.29 is 5.11 Å². The van der Waals surface area contributed by atoms with Crippen molar-refractivity contribution in [2.24, 2.45) is 0 Å². The number of aliphatic hydroxyl groups is 1. The molecule has 0 saturated heterocycles. The van der Waals surface area contributed by atoms with Crippen molar-refractivity contribution in [2.75, 3.05) is 20.1 Å². The van der Waals surface area contributed by atoms with Crippen LogP contribution in [-0.4, -0.2) is 46.0 Å². The van der Waals surface area contributed by atoms with Crippen LogP contribution in [0.5, 0.6) is 0 Å². The first kappa shape index (κ1) is 10.2. The Labute approximate surface area is 78.8 Å². The monoisotopic (exact) mass is 183 g/mol. The Kier molecular flexibility index (Phi) is 3.92. The highest BCUT2D eigenvalue weighted by molar-refractivity contribution is 4.77. The summed E-state index contributed by atoms with van der Waals surface area (Å²) in [5.74, 6) is 0. The van der Waals surface area contributed by atoms with E-state index in [9.17, 15) is 0 Å². The summed E-state index contributed by atoms with van der Waals surface area (Å²) in [5, 5.41) is 13.2. The molecule has 74 valence electrons. The molecular formula is C9H17N3O. The van der Waals surface area contributed by atoms with Crippen molar-refractivity contribution in [1.29, 1.82) is 0 Å². The molecule has 0 saturated carbocycles. The van der Waals surface area contributed by atoms with Crippen LogP contribution in [0.3, 0.4) is 0 Å². The van der Waals surface area contributed by atoms with Crippen molar-refractivity contribution >= 4 is 0 Å². The van der Waals surface area contributed by atoms with Crippen molar-refractivity contribution in [3.05, 3.63) is 18.5 Å². The van der Waals surface area contributed by atoms with Crippen molar-refractivity contribution in [3.63, 3.8) is 0 Å². The molecule has 0 aliphatic heterocycles. The molecule has 13 heavy (non-hydrogen) atoms.